The number of amides is 1. The van der Waals surface area contributed by atoms with Gasteiger partial charge in [0.2, 0.25) is 0 Å². The van der Waals surface area contributed by atoms with Crippen LogP contribution in [0.1, 0.15) is 66.1 Å². The van der Waals surface area contributed by atoms with Crippen molar-refractivity contribution in [3.63, 3.8) is 0 Å². The molecule has 1 fully saturated rings. The van der Waals surface area contributed by atoms with E-state index in [0.717, 1.165) is 24.1 Å². The molecule has 0 spiro atoms. The Bertz CT molecular complexity index is 997. The van der Waals surface area contributed by atoms with Crippen LogP contribution in [0, 0.1) is 11.8 Å². The Labute approximate surface area is 201 Å². The summed E-state index contributed by atoms with van der Waals surface area (Å²) < 4.78 is 0. The minimum atomic E-state index is -1.15. The molecule has 1 aliphatic rings. The fourth-order valence-electron chi connectivity index (χ4n) is 4.12. The van der Waals surface area contributed by atoms with Gasteiger partial charge >= 0.3 is 0 Å². The third kappa shape index (κ3) is 7.81. The summed E-state index contributed by atoms with van der Waals surface area (Å²) in [6.45, 7) is 1.80. The summed E-state index contributed by atoms with van der Waals surface area (Å²) in [6, 6.07) is 14.6. The van der Waals surface area contributed by atoms with Gasteiger partial charge in [0.25, 0.3) is 5.91 Å². The van der Waals surface area contributed by atoms with E-state index in [0.29, 0.717) is 11.6 Å². The van der Waals surface area contributed by atoms with E-state index < -0.39 is 30.4 Å². The predicted molar refractivity (Wildman–Crippen MR) is 132 cm³/mol. The number of nitrogens with one attached hydrogen (secondary N) is 2. The number of hydrogen-bond acceptors (Lipinski definition) is 5. The maximum Gasteiger partial charge on any atom is 0.251 e. The van der Waals surface area contributed by atoms with E-state index in [4.69, 9.17) is 5.11 Å². The molecule has 1 unspecified atom stereocenters. The highest BCUT2D eigenvalue weighted by Gasteiger charge is 2.25. The van der Waals surface area contributed by atoms with E-state index in [-0.39, 0.29) is 0 Å². The fourth-order valence-corrected chi connectivity index (χ4v) is 4.12. The lowest BCUT2D eigenvalue weighted by Crippen LogP contribution is -2.48. The van der Waals surface area contributed by atoms with Gasteiger partial charge in [0.05, 0.1) is 6.10 Å². The minimum absolute atomic E-state index is 0.342. The van der Waals surface area contributed by atoms with Crippen molar-refractivity contribution in [1.29, 1.82) is 0 Å². The Hall–Kier alpha value is -2.98. The van der Waals surface area contributed by atoms with Crippen molar-refractivity contribution in [2.24, 2.45) is 0 Å². The quantitative estimate of drug-likeness (QED) is 0.430. The number of Topliss-reactive ketones (excluding diaryl/α,β-unsaturated/α-hetero) is 1. The van der Waals surface area contributed by atoms with Crippen LogP contribution in [0.5, 0.6) is 0 Å². The van der Waals surface area contributed by atoms with Crippen LogP contribution in [0.2, 0.25) is 0 Å². The molecular formula is C28H34N2O4. The Morgan fingerprint density at radius 2 is 1.71 bits per heavy atom. The minimum Gasteiger partial charge on any atom is -0.391 e. The van der Waals surface area contributed by atoms with Crippen LogP contribution in [0.15, 0.2) is 48.5 Å². The number of hydrogen-bond donors (Lipinski definition) is 4. The summed E-state index contributed by atoms with van der Waals surface area (Å²) in [4.78, 5) is 24.1. The van der Waals surface area contributed by atoms with Gasteiger partial charge in [0, 0.05) is 22.7 Å². The number of aliphatic hydroxyl groups excluding tert-OH is 2. The predicted octanol–water partition coefficient (Wildman–Crippen LogP) is 2.59. The van der Waals surface area contributed by atoms with Crippen LogP contribution in [0.3, 0.4) is 0 Å². The van der Waals surface area contributed by atoms with E-state index in [1.807, 2.05) is 12.1 Å². The molecule has 1 saturated heterocycles. The summed E-state index contributed by atoms with van der Waals surface area (Å²) in [5, 5.41) is 24.7. The first-order valence-corrected chi connectivity index (χ1v) is 12.0. The Morgan fingerprint density at radius 1 is 1.06 bits per heavy atom. The molecule has 3 rings (SSSR count). The summed E-state index contributed by atoms with van der Waals surface area (Å²) in [7, 11) is 0. The lowest BCUT2D eigenvalue weighted by Gasteiger charge is -2.23. The zero-order valence-corrected chi connectivity index (χ0v) is 19.7. The lowest BCUT2D eigenvalue weighted by molar-refractivity contribution is -0.125. The maximum absolute atomic E-state index is 12.4. The molecule has 180 valence electrons. The first-order valence-electron chi connectivity index (χ1n) is 12.0. The second-order valence-electron chi connectivity index (χ2n) is 8.88. The number of carbonyl (C=O) groups is 2. The molecule has 3 atom stereocenters. The van der Waals surface area contributed by atoms with E-state index >= 15 is 0 Å². The topological polar surface area (TPSA) is 98.7 Å². The number of rotatable bonds is 9. The van der Waals surface area contributed by atoms with Crippen molar-refractivity contribution in [2.75, 3.05) is 13.2 Å². The zero-order valence-electron chi connectivity index (χ0n) is 19.7. The highest BCUT2D eigenvalue weighted by atomic mass is 16.3. The molecule has 2 aromatic carbocycles. The third-order valence-corrected chi connectivity index (χ3v) is 6.15. The molecule has 1 amide bonds. The van der Waals surface area contributed by atoms with Crippen molar-refractivity contribution in [2.45, 2.75) is 63.6 Å². The van der Waals surface area contributed by atoms with E-state index in [9.17, 15) is 14.7 Å². The van der Waals surface area contributed by atoms with Gasteiger partial charge in [0.15, 0.2) is 5.78 Å². The number of aryl methyl sites for hydroxylation is 1. The highest BCUT2D eigenvalue weighted by Crippen LogP contribution is 2.14. The Balaban J connectivity index is 1.51. The number of benzene rings is 2. The van der Waals surface area contributed by atoms with Crippen molar-refractivity contribution in [3.05, 3.63) is 70.8 Å². The molecule has 0 aliphatic carbocycles. The van der Waals surface area contributed by atoms with E-state index in [1.165, 1.54) is 44.6 Å². The normalized spacial score (nSPS) is 17.2. The summed E-state index contributed by atoms with van der Waals surface area (Å²) >= 11 is 0. The van der Waals surface area contributed by atoms with Gasteiger partial charge in [0.1, 0.15) is 12.6 Å². The van der Waals surface area contributed by atoms with Gasteiger partial charge in [-0.1, -0.05) is 30.4 Å². The van der Waals surface area contributed by atoms with Crippen LogP contribution < -0.4 is 10.6 Å². The second kappa shape index (κ2) is 13.0. The van der Waals surface area contributed by atoms with Gasteiger partial charge in [-0.05, 0) is 87.5 Å². The van der Waals surface area contributed by atoms with Crippen molar-refractivity contribution in [1.82, 2.24) is 10.6 Å². The van der Waals surface area contributed by atoms with Crippen LogP contribution in [-0.2, 0) is 11.2 Å². The average molecular weight is 463 g/mol. The standard InChI is InChI=1S/C28H34N2O4/c1-20(32)27(26(33)19-31)30-28(34)24-16-14-23(15-17-24)13-12-22-10-8-21(9-11-22)5-4-7-25-6-2-3-18-29-25/h8-11,14-17,20,25,27,29,31-32H,2-7,18-19H2,1H3,(H,30,34)/t20-,25?,27+/m1/s1. The van der Waals surface area contributed by atoms with Gasteiger partial charge in [-0.25, -0.2) is 0 Å². The third-order valence-electron chi connectivity index (χ3n) is 6.15. The van der Waals surface area contributed by atoms with Crippen molar-refractivity contribution < 1.29 is 19.8 Å². The maximum atomic E-state index is 12.4. The van der Waals surface area contributed by atoms with Crippen molar-refractivity contribution >= 4 is 11.7 Å². The van der Waals surface area contributed by atoms with Crippen molar-refractivity contribution in [3.8, 4) is 11.8 Å². The zero-order chi connectivity index (χ0) is 24.3. The number of carbonyl (C=O) groups excluding carboxylic acids is 2. The lowest BCUT2D eigenvalue weighted by atomic mass is 9.98. The smallest absolute Gasteiger partial charge is 0.251 e. The molecular weight excluding hydrogens is 428 g/mol. The van der Waals surface area contributed by atoms with Gasteiger partial charge in [-0.15, -0.1) is 0 Å². The summed E-state index contributed by atoms with van der Waals surface area (Å²) in [5.74, 6) is 5.11. The van der Waals surface area contributed by atoms with Gasteiger partial charge in [-0.3, -0.25) is 9.59 Å². The van der Waals surface area contributed by atoms with Crippen LogP contribution in [-0.4, -0.2) is 53.2 Å². The van der Waals surface area contributed by atoms with E-state index in [1.54, 1.807) is 24.3 Å². The van der Waals surface area contributed by atoms with Crippen LogP contribution >= 0.6 is 0 Å². The number of aliphatic hydroxyl groups is 2. The molecule has 2 aromatic rings. The molecule has 6 heteroatoms. The highest BCUT2D eigenvalue weighted by molar-refractivity contribution is 5.98. The van der Waals surface area contributed by atoms with Gasteiger partial charge in [-0.2, -0.15) is 0 Å². The summed E-state index contributed by atoms with van der Waals surface area (Å²) in [5.41, 5.74) is 3.36. The molecule has 6 nitrogen and oxygen atoms in total. The number of ketones is 1. The SMILES string of the molecule is C[C@@H](O)[C@H](NC(=O)c1ccc(C#Cc2ccc(CCCC3CCCCN3)cc2)cc1)C(=O)CO. The molecule has 0 aromatic heterocycles. The molecule has 0 bridgehead atoms. The van der Waals surface area contributed by atoms with Crippen LogP contribution in [0.25, 0.3) is 0 Å². The largest absolute Gasteiger partial charge is 0.391 e. The molecule has 34 heavy (non-hydrogen) atoms. The molecule has 0 saturated carbocycles. The Morgan fingerprint density at radius 3 is 2.26 bits per heavy atom. The average Bonchev–Trinajstić information content (AvgIpc) is 2.87. The first kappa shape index (κ1) is 25.6. The number of piperidine rings is 1. The molecule has 1 heterocycles. The monoisotopic (exact) mass is 462 g/mol. The van der Waals surface area contributed by atoms with Crippen LogP contribution in [0.4, 0.5) is 0 Å². The fraction of sp³-hybridized carbons (Fsp3) is 0.429. The molecule has 0 radical (unpaired) electrons. The second-order valence-corrected chi connectivity index (χ2v) is 8.88. The first-order chi connectivity index (χ1) is 16.5. The molecule has 4 N–H and O–H groups in total. The Kier molecular flexibility index (Phi) is 9.84. The van der Waals surface area contributed by atoms with E-state index in [2.05, 4.69) is 34.6 Å². The molecule has 1 aliphatic heterocycles. The summed E-state index contributed by atoms with van der Waals surface area (Å²) in [6.07, 6.45) is 6.34. The van der Waals surface area contributed by atoms with Gasteiger partial charge < -0.3 is 20.8 Å².